The number of esters is 1. The summed E-state index contributed by atoms with van der Waals surface area (Å²) in [6, 6.07) is 4.73. The van der Waals surface area contributed by atoms with Gasteiger partial charge in [-0.2, -0.15) is 0 Å². The third-order valence-corrected chi connectivity index (χ3v) is 5.63. The molecule has 1 aromatic carbocycles. The highest BCUT2D eigenvalue weighted by Gasteiger charge is 2.48. The predicted octanol–water partition coefficient (Wildman–Crippen LogP) is 2.65. The van der Waals surface area contributed by atoms with E-state index in [2.05, 4.69) is 5.32 Å². The lowest BCUT2D eigenvalue weighted by atomic mass is 9.81. The molecule has 27 heavy (non-hydrogen) atoms. The molecule has 1 aliphatic heterocycles. The zero-order valence-corrected chi connectivity index (χ0v) is 15.9. The van der Waals surface area contributed by atoms with E-state index in [9.17, 15) is 19.2 Å². The maximum Gasteiger partial charge on any atom is 0.326 e. The van der Waals surface area contributed by atoms with Crippen LogP contribution in [0.3, 0.4) is 0 Å². The molecule has 0 spiro atoms. The van der Waals surface area contributed by atoms with Crippen LogP contribution in [0, 0.1) is 11.8 Å². The van der Waals surface area contributed by atoms with Gasteiger partial charge in [-0.15, -0.1) is 0 Å². The Bertz CT molecular complexity index is 774. The number of nitrogens with one attached hydrogen (secondary N) is 1. The fourth-order valence-corrected chi connectivity index (χ4v) is 3.84. The van der Waals surface area contributed by atoms with Crippen molar-refractivity contribution in [2.75, 3.05) is 18.5 Å². The van der Waals surface area contributed by atoms with E-state index in [1.807, 2.05) is 0 Å². The molecule has 0 radical (unpaired) electrons. The van der Waals surface area contributed by atoms with Crippen molar-refractivity contribution in [1.82, 2.24) is 4.90 Å². The molecule has 1 saturated carbocycles. The molecular weight excluding hydrogens is 395 g/mol. The van der Waals surface area contributed by atoms with Gasteiger partial charge < -0.3 is 10.1 Å². The summed E-state index contributed by atoms with van der Waals surface area (Å²) >= 11 is 11.8. The second-order valence-electron chi connectivity index (χ2n) is 6.57. The minimum absolute atomic E-state index is 0.176. The van der Waals surface area contributed by atoms with Crippen molar-refractivity contribution in [1.29, 1.82) is 0 Å². The van der Waals surface area contributed by atoms with Crippen LogP contribution in [0.4, 0.5) is 5.69 Å². The summed E-state index contributed by atoms with van der Waals surface area (Å²) in [6.45, 7) is -1.04. The SMILES string of the molecule is O=C(COC(=O)CN1C(=O)C2CCCCC2C1=O)Nc1cccc(Cl)c1Cl. The van der Waals surface area contributed by atoms with E-state index in [1.54, 1.807) is 18.2 Å². The molecule has 1 aliphatic carbocycles. The molecule has 2 fully saturated rings. The molecule has 144 valence electrons. The molecule has 3 rings (SSSR count). The molecule has 0 bridgehead atoms. The number of imide groups is 1. The molecule has 1 aromatic rings. The molecule has 1 N–H and O–H groups in total. The Balaban J connectivity index is 1.51. The highest BCUT2D eigenvalue weighted by Crippen LogP contribution is 2.37. The van der Waals surface area contributed by atoms with Gasteiger partial charge in [-0.25, -0.2) is 0 Å². The fraction of sp³-hybridized carbons (Fsp3) is 0.444. The lowest BCUT2D eigenvalue weighted by Gasteiger charge is -2.19. The van der Waals surface area contributed by atoms with Crippen molar-refractivity contribution < 1.29 is 23.9 Å². The zero-order valence-electron chi connectivity index (χ0n) is 14.4. The van der Waals surface area contributed by atoms with Gasteiger partial charge >= 0.3 is 5.97 Å². The highest BCUT2D eigenvalue weighted by atomic mass is 35.5. The first-order chi connectivity index (χ1) is 12.9. The Morgan fingerprint density at radius 1 is 1.11 bits per heavy atom. The van der Waals surface area contributed by atoms with Gasteiger partial charge in [0.15, 0.2) is 6.61 Å². The van der Waals surface area contributed by atoms with Gasteiger partial charge in [-0.05, 0) is 25.0 Å². The van der Waals surface area contributed by atoms with E-state index >= 15 is 0 Å². The average molecular weight is 413 g/mol. The van der Waals surface area contributed by atoms with Gasteiger partial charge in [-0.3, -0.25) is 24.1 Å². The number of ether oxygens (including phenoxy) is 1. The summed E-state index contributed by atoms with van der Waals surface area (Å²) in [5.41, 5.74) is 0.291. The van der Waals surface area contributed by atoms with Crippen molar-refractivity contribution in [3.63, 3.8) is 0 Å². The normalized spacial score (nSPS) is 21.8. The van der Waals surface area contributed by atoms with Gasteiger partial charge in [0.2, 0.25) is 11.8 Å². The van der Waals surface area contributed by atoms with Gasteiger partial charge in [0.25, 0.3) is 5.91 Å². The van der Waals surface area contributed by atoms with Crippen LogP contribution in [0.2, 0.25) is 10.0 Å². The number of hydrogen-bond donors (Lipinski definition) is 1. The molecule has 0 aromatic heterocycles. The molecule has 9 heteroatoms. The monoisotopic (exact) mass is 412 g/mol. The van der Waals surface area contributed by atoms with Crippen molar-refractivity contribution >= 4 is 52.6 Å². The van der Waals surface area contributed by atoms with Gasteiger partial charge in [-0.1, -0.05) is 42.1 Å². The molecule has 3 amide bonds. The van der Waals surface area contributed by atoms with Crippen LogP contribution in [0.15, 0.2) is 18.2 Å². The van der Waals surface area contributed by atoms with Crippen LogP contribution in [-0.2, 0) is 23.9 Å². The van der Waals surface area contributed by atoms with Crippen LogP contribution >= 0.6 is 23.2 Å². The van der Waals surface area contributed by atoms with Crippen LogP contribution in [0.5, 0.6) is 0 Å². The first-order valence-corrected chi connectivity index (χ1v) is 9.38. The molecule has 1 heterocycles. The largest absolute Gasteiger partial charge is 0.454 e. The third kappa shape index (κ3) is 4.25. The van der Waals surface area contributed by atoms with Crippen molar-refractivity contribution in [2.45, 2.75) is 25.7 Å². The van der Waals surface area contributed by atoms with E-state index in [-0.39, 0.29) is 33.7 Å². The Morgan fingerprint density at radius 3 is 2.37 bits per heavy atom. The number of likely N-dealkylation sites (tertiary alicyclic amines) is 1. The number of benzene rings is 1. The average Bonchev–Trinajstić information content (AvgIpc) is 2.89. The number of hydrogen-bond acceptors (Lipinski definition) is 5. The number of nitrogens with zero attached hydrogens (tertiary/aromatic N) is 1. The van der Waals surface area contributed by atoms with E-state index in [4.69, 9.17) is 27.9 Å². The first-order valence-electron chi connectivity index (χ1n) is 8.63. The van der Waals surface area contributed by atoms with Crippen molar-refractivity contribution in [2.24, 2.45) is 11.8 Å². The Morgan fingerprint density at radius 2 is 1.74 bits per heavy atom. The molecule has 1 saturated heterocycles. The minimum Gasteiger partial charge on any atom is -0.454 e. The molecular formula is C18H18Cl2N2O5. The Hall–Kier alpha value is -2.12. The highest BCUT2D eigenvalue weighted by molar-refractivity contribution is 6.44. The lowest BCUT2D eigenvalue weighted by molar-refractivity contribution is -0.154. The van der Waals surface area contributed by atoms with Crippen LogP contribution in [0.25, 0.3) is 0 Å². The lowest BCUT2D eigenvalue weighted by Crippen LogP contribution is -2.37. The quantitative estimate of drug-likeness (QED) is 0.592. The van der Waals surface area contributed by atoms with Crippen molar-refractivity contribution in [3.8, 4) is 0 Å². The fourth-order valence-electron chi connectivity index (χ4n) is 3.49. The summed E-state index contributed by atoms with van der Waals surface area (Å²) in [4.78, 5) is 49.5. The van der Waals surface area contributed by atoms with E-state index in [0.29, 0.717) is 18.5 Å². The van der Waals surface area contributed by atoms with Crippen LogP contribution < -0.4 is 5.32 Å². The molecule has 7 nitrogen and oxygen atoms in total. The topological polar surface area (TPSA) is 92.8 Å². The van der Waals surface area contributed by atoms with Gasteiger partial charge in [0.1, 0.15) is 6.54 Å². The zero-order chi connectivity index (χ0) is 19.6. The predicted molar refractivity (Wildman–Crippen MR) is 98.2 cm³/mol. The number of amides is 3. The molecule has 2 atom stereocenters. The third-order valence-electron chi connectivity index (χ3n) is 4.81. The van der Waals surface area contributed by atoms with Gasteiger partial charge in [0.05, 0.1) is 27.6 Å². The number of rotatable bonds is 5. The van der Waals surface area contributed by atoms with Gasteiger partial charge in [0, 0.05) is 0 Å². The maximum atomic E-state index is 12.3. The maximum absolute atomic E-state index is 12.3. The summed E-state index contributed by atoms with van der Waals surface area (Å²) in [7, 11) is 0. The summed E-state index contributed by atoms with van der Waals surface area (Å²) < 4.78 is 4.88. The minimum atomic E-state index is -0.817. The van der Waals surface area contributed by atoms with E-state index in [0.717, 1.165) is 17.7 Å². The van der Waals surface area contributed by atoms with Crippen LogP contribution in [-0.4, -0.2) is 41.7 Å². The van der Waals surface area contributed by atoms with E-state index in [1.165, 1.54) is 0 Å². The number of carbonyl (C=O) groups excluding carboxylic acids is 4. The molecule has 2 aliphatic rings. The van der Waals surface area contributed by atoms with Crippen molar-refractivity contribution in [3.05, 3.63) is 28.2 Å². The van der Waals surface area contributed by atoms with E-state index < -0.39 is 25.0 Å². The summed E-state index contributed by atoms with van der Waals surface area (Å²) in [6.07, 6.45) is 3.16. The number of anilines is 1. The first kappa shape index (κ1) is 19.6. The number of halogens is 2. The molecule has 2 unspecified atom stereocenters. The smallest absolute Gasteiger partial charge is 0.326 e. The standard InChI is InChI=1S/C18H18Cl2N2O5/c19-12-6-3-7-13(16(12)20)21-14(23)9-27-15(24)8-22-17(25)10-4-1-2-5-11(10)18(22)26/h3,6-7,10-11H,1-2,4-5,8-9H2,(H,21,23). The Labute approximate surface area is 165 Å². The van der Waals surface area contributed by atoms with Crippen LogP contribution in [0.1, 0.15) is 25.7 Å². The second kappa shape index (κ2) is 8.27. The summed E-state index contributed by atoms with van der Waals surface area (Å²) in [5, 5.41) is 2.93. The number of fused-ring (bicyclic) bond motifs is 1. The Kier molecular flexibility index (Phi) is 6.01. The second-order valence-corrected chi connectivity index (χ2v) is 7.36. The number of carbonyl (C=O) groups is 4. The summed E-state index contributed by atoms with van der Waals surface area (Å²) in [5.74, 6) is -2.73.